The van der Waals surface area contributed by atoms with Gasteiger partial charge >= 0.3 is 0 Å². The van der Waals surface area contributed by atoms with Crippen LogP contribution in [0.4, 0.5) is 0 Å². The van der Waals surface area contributed by atoms with Crippen LogP contribution >= 0.6 is 11.8 Å². The van der Waals surface area contributed by atoms with Crippen LogP contribution in [0.1, 0.15) is 25.0 Å². The fraction of sp³-hybridized carbons (Fsp3) is 0.348. The van der Waals surface area contributed by atoms with Crippen LogP contribution in [0.2, 0.25) is 0 Å². The predicted octanol–water partition coefficient (Wildman–Crippen LogP) is 4.01. The number of carbonyl (C=O) groups is 1. The van der Waals surface area contributed by atoms with Crippen LogP contribution in [-0.4, -0.2) is 61.0 Å². The van der Waals surface area contributed by atoms with Gasteiger partial charge in [0.2, 0.25) is 0 Å². The van der Waals surface area contributed by atoms with Crippen molar-refractivity contribution in [3.63, 3.8) is 0 Å². The molecular weight excluding hydrogens is 462 g/mol. The molecule has 0 saturated carbocycles. The lowest BCUT2D eigenvalue weighted by Crippen LogP contribution is -2.12. The molecule has 0 amide bonds. The summed E-state index contributed by atoms with van der Waals surface area (Å²) in [5.74, 6) is 1.31. The predicted molar refractivity (Wildman–Crippen MR) is 129 cm³/mol. The van der Waals surface area contributed by atoms with E-state index in [4.69, 9.17) is 9.47 Å². The zero-order chi connectivity index (χ0) is 23.4. The molecule has 1 unspecified atom stereocenters. The summed E-state index contributed by atoms with van der Waals surface area (Å²) in [6, 6.07) is 10.7. The van der Waals surface area contributed by atoms with Gasteiger partial charge in [-0.3, -0.25) is 9.79 Å². The first-order valence-corrected chi connectivity index (χ1v) is 13.3. The molecule has 8 nitrogen and oxygen atoms in total. The van der Waals surface area contributed by atoms with E-state index in [1.807, 2.05) is 24.3 Å². The van der Waals surface area contributed by atoms with E-state index in [9.17, 15) is 13.2 Å². The molecule has 3 aromatic rings. The van der Waals surface area contributed by atoms with Crippen LogP contribution in [0.25, 0.3) is 10.9 Å². The number of nitrogens with one attached hydrogen (secondary N) is 1. The first-order valence-electron chi connectivity index (χ1n) is 10.5. The quantitative estimate of drug-likeness (QED) is 0.430. The number of aliphatic imine (C=N–C) groups is 1. The molecule has 3 heterocycles. The summed E-state index contributed by atoms with van der Waals surface area (Å²) in [7, 11) is -1.71. The number of nitrogens with zero attached hydrogens (tertiary/aromatic N) is 2. The van der Waals surface area contributed by atoms with E-state index in [1.165, 1.54) is 12.3 Å². The summed E-state index contributed by atoms with van der Waals surface area (Å²) in [6.45, 7) is 1.24. The van der Waals surface area contributed by atoms with E-state index < -0.39 is 9.84 Å². The number of hydrogen-bond acceptors (Lipinski definition) is 8. The Hall–Kier alpha value is -2.69. The van der Waals surface area contributed by atoms with Crippen molar-refractivity contribution >= 4 is 43.3 Å². The fourth-order valence-corrected chi connectivity index (χ4v) is 5.19. The molecule has 4 rings (SSSR count). The number of hydrogen-bond donors (Lipinski definition) is 1. The van der Waals surface area contributed by atoms with E-state index >= 15 is 0 Å². The van der Waals surface area contributed by atoms with Gasteiger partial charge in [0.25, 0.3) is 0 Å². The highest BCUT2D eigenvalue weighted by Crippen LogP contribution is 2.31. The van der Waals surface area contributed by atoms with Crippen molar-refractivity contribution < 1.29 is 22.7 Å². The molecule has 1 N–H and O–H groups in total. The Morgan fingerprint density at radius 3 is 2.76 bits per heavy atom. The van der Waals surface area contributed by atoms with E-state index in [0.717, 1.165) is 34.3 Å². The first kappa shape index (κ1) is 23.5. The average molecular weight is 488 g/mol. The highest BCUT2D eigenvalue weighted by molar-refractivity contribution is 8.15. The van der Waals surface area contributed by atoms with Gasteiger partial charge < -0.3 is 14.5 Å². The van der Waals surface area contributed by atoms with Gasteiger partial charge in [-0.25, -0.2) is 13.4 Å². The van der Waals surface area contributed by atoms with E-state index in [1.54, 1.807) is 24.9 Å². The molecule has 0 bridgehead atoms. The molecule has 33 heavy (non-hydrogen) atoms. The summed E-state index contributed by atoms with van der Waals surface area (Å²) >= 11 is 1.63. The van der Waals surface area contributed by atoms with Crippen LogP contribution < -0.4 is 4.74 Å². The lowest BCUT2D eigenvalue weighted by molar-refractivity contribution is -0.119. The van der Waals surface area contributed by atoms with E-state index in [0.29, 0.717) is 37.5 Å². The Balaban J connectivity index is 1.40. The van der Waals surface area contributed by atoms with Crippen molar-refractivity contribution in [1.82, 2.24) is 9.97 Å². The SMILES string of the molecule is COCCCC(=O)CC1CN=C(c2cc3cc(Oc4ccc(S(C)(=O)=O)nc4)ccc3[nH]2)S1. The van der Waals surface area contributed by atoms with Gasteiger partial charge in [0.05, 0.1) is 18.4 Å². The highest BCUT2D eigenvalue weighted by atomic mass is 32.2. The summed E-state index contributed by atoms with van der Waals surface area (Å²) in [4.78, 5) is 24.1. The third-order valence-corrected chi connectivity index (χ3v) is 7.35. The number of sulfone groups is 1. The number of benzene rings is 1. The molecular formula is C23H25N3O5S2. The molecule has 1 aromatic carbocycles. The van der Waals surface area contributed by atoms with Crippen LogP contribution in [0.5, 0.6) is 11.5 Å². The van der Waals surface area contributed by atoms with Gasteiger partial charge in [-0.05, 0) is 42.8 Å². The Kier molecular flexibility index (Phi) is 7.16. The Morgan fingerprint density at radius 2 is 2.03 bits per heavy atom. The number of carbonyl (C=O) groups excluding carboxylic acids is 1. The number of ketones is 1. The summed E-state index contributed by atoms with van der Waals surface area (Å²) in [6.07, 6.45) is 4.32. The Bertz CT molecular complexity index is 1280. The van der Waals surface area contributed by atoms with Gasteiger partial charge in [-0.1, -0.05) is 11.8 Å². The van der Waals surface area contributed by atoms with Crippen molar-refractivity contribution in [3.8, 4) is 11.5 Å². The van der Waals surface area contributed by atoms with Crippen molar-refractivity contribution in [2.45, 2.75) is 29.5 Å². The minimum atomic E-state index is -3.35. The smallest absolute Gasteiger partial charge is 0.192 e. The van der Waals surface area contributed by atoms with Crippen LogP contribution in [0, 0.1) is 0 Å². The molecule has 0 radical (unpaired) electrons. The standard InChI is InChI=1S/C23H25N3O5S2/c1-30-9-3-4-16(27)12-19-14-25-23(32-19)21-11-15-10-17(5-7-20(15)26-21)31-18-6-8-22(24-13-18)33(2,28)29/h5-8,10-11,13,19,26H,3-4,9,12,14H2,1-2H3. The third-order valence-electron chi connectivity index (χ3n) is 5.12. The maximum atomic E-state index is 12.1. The lowest BCUT2D eigenvalue weighted by atomic mass is 10.1. The molecule has 174 valence electrons. The van der Waals surface area contributed by atoms with Crippen molar-refractivity contribution in [1.29, 1.82) is 0 Å². The van der Waals surface area contributed by atoms with Gasteiger partial charge in [0.1, 0.15) is 22.3 Å². The second-order valence-corrected chi connectivity index (χ2v) is 11.1. The number of aromatic amines is 1. The normalized spacial score (nSPS) is 16.2. The first-order chi connectivity index (χ1) is 15.8. The number of methoxy groups -OCH3 is 1. The van der Waals surface area contributed by atoms with Crippen LogP contribution in [0.3, 0.4) is 0 Å². The van der Waals surface area contributed by atoms with Crippen molar-refractivity contribution in [2.24, 2.45) is 4.99 Å². The van der Waals surface area contributed by atoms with Crippen molar-refractivity contribution in [3.05, 3.63) is 48.3 Å². The molecule has 0 saturated heterocycles. The van der Waals surface area contributed by atoms with Crippen LogP contribution in [-0.2, 0) is 19.4 Å². The third kappa shape index (κ3) is 6.01. The second-order valence-electron chi connectivity index (χ2n) is 7.86. The largest absolute Gasteiger partial charge is 0.456 e. The van der Waals surface area contributed by atoms with E-state index in [-0.39, 0.29) is 16.1 Å². The minimum absolute atomic E-state index is 0.00500. The molecule has 0 aliphatic carbocycles. The summed E-state index contributed by atoms with van der Waals surface area (Å²) < 4.78 is 33.9. The number of rotatable bonds is 10. The number of thioether (sulfide) groups is 1. The molecule has 0 spiro atoms. The fourth-order valence-electron chi connectivity index (χ4n) is 3.51. The Morgan fingerprint density at radius 1 is 1.21 bits per heavy atom. The van der Waals surface area contributed by atoms with Gasteiger partial charge in [-0.2, -0.15) is 0 Å². The Labute approximate surface area is 196 Å². The molecule has 0 fully saturated rings. The minimum Gasteiger partial charge on any atom is -0.456 e. The summed E-state index contributed by atoms with van der Waals surface area (Å²) in [5.41, 5.74) is 1.87. The number of H-pyrrole nitrogens is 1. The second kappa shape index (κ2) is 10.1. The monoisotopic (exact) mass is 487 g/mol. The van der Waals surface area contributed by atoms with Gasteiger partial charge in [0, 0.05) is 49.0 Å². The van der Waals surface area contributed by atoms with E-state index in [2.05, 4.69) is 15.0 Å². The number of pyridine rings is 1. The molecule has 10 heteroatoms. The van der Waals surface area contributed by atoms with Crippen molar-refractivity contribution in [2.75, 3.05) is 26.5 Å². The molecule has 2 aromatic heterocycles. The zero-order valence-electron chi connectivity index (χ0n) is 18.4. The average Bonchev–Trinajstić information content (AvgIpc) is 3.40. The van der Waals surface area contributed by atoms with Gasteiger partial charge in [-0.15, -0.1) is 0 Å². The number of ether oxygens (including phenoxy) is 2. The number of Topliss-reactive ketones (excluding diaryl/α,β-unsaturated/α-hetero) is 1. The molecule has 1 aliphatic heterocycles. The number of aromatic nitrogens is 2. The summed E-state index contributed by atoms with van der Waals surface area (Å²) in [5, 5.41) is 2.04. The molecule has 1 aliphatic rings. The topological polar surface area (TPSA) is 111 Å². The highest BCUT2D eigenvalue weighted by Gasteiger charge is 2.24. The lowest BCUT2D eigenvalue weighted by Gasteiger charge is -2.06. The maximum absolute atomic E-state index is 12.1. The zero-order valence-corrected chi connectivity index (χ0v) is 20.0. The maximum Gasteiger partial charge on any atom is 0.192 e. The van der Waals surface area contributed by atoms with Crippen LogP contribution in [0.15, 0.2) is 52.6 Å². The molecule has 1 atom stereocenters. The number of fused-ring (bicyclic) bond motifs is 1. The van der Waals surface area contributed by atoms with Gasteiger partial charge in [0.15, 0.2) is 14.9 Å².